The van der Waals surface area contributed by atoms with Crippen molar-refractivity contribution in [2.45, 2.75) is 49.5 Å². The van der Waals surface area contributed by atoms with E-state index >= 15 is 0 Å². The molecule has 0 unspecified atom stereocenters. The van der Waals surface area contributed by atoms with Gasteiger partial charge in [-0.2, -0.15) is 0 Å². The minimum atomic E-state index is -0.127. The molecule has 5 rings (SSSR count). The highest BCUT2D eigenvalue weighted by molar-refractivity contribution is 6.31. The lowest BCUT2D eigenvalue weighted by Gasteiger charge is -2.49. The van der Waals surface area contributed by atoms with Crippen LogP contribution in [-0.2, 0) is 5.41 Å². The Morgan fingerprint density at radius 3 is 2.59 bits per heavy atom. The van der Waals surface area contributed by atoms with Crippen molar-refractivity contribution in [1.29, 1.82) is 0 Å². The van der Waals surface area contributed by atoms with Crippen LogP contribution in [0.25, 0.3) is 0 Å². The summed E-state index contributed by atoms with van der Waals surface area (Å²) in [6, 6.07) is 15.1. The minimum Gasteiger partial charge on any atom is -0.312 e. The Labute approximate surface area is 171 Å². The first-order chi connectivity index (χ1) is 13.2. The average Bonchev–Trinajstić information content (AvgIpc) is 3.31. The van der Waals surface area contributed by atoms with Crippen molar-refractivity contribution >= 4 is 35.1 Å². The number of nitrogens with zero attached hydrogens (tertiary/aromatic N) is 1. The lowest BCUT2D eigenvalue weighted by Crippen LogP contribution is -2.59. The van der Waals surface area contributed by atoms with Crippen LogP contribution >= 0.6 is 23.2 Å². The van der Waals surface area contributed by atoms with E-state index < -0.39 is 0 Å². The fraction of sp³-hybridized carbons (Fsp3) is 0.435. The van der Waals surface area contributed by atoms with E-state index in [0.717, 1.165) is 28.7 Å². The molecular weight excluding hydrogens is 375 g/mol. The molecule has 2 nitrogen and oxygen atoms in total. The summed E-state index contributed by atoms with van der Waals surface area (Å²) in [6.07, 6.45) is 8.60. The molecule has 2 fully saturated rings. The molecule has 2 heterocycles. The van der Waals surface area contributed by atoms with E-state index in [0.29, 0.717) is 17.9 Å². The second-order valence-corrected chi connectivity index (χ2v) is 9.10. The molecule has 0 bridgehead atoms. The molecule has 1 saturated heterocycles. The number of halogens is 2. The van der Waals surface area contributed by atoms with Crippen molar-refractivity contribution in [3.8, 4) is 0 Å². The summed E-state index contributed by atoms with van der Waals surface area (Å²) in [5.74, 6) is 1.06. The van der Waals surface area contributed by atoms with E-state index in [1.807, 2.05) is 18.2 Å². The van der Waals surface area contributed by atoms with Crippen molar-refractivity contribution < 1.29 is 0 Å². The van der Waals surface area contributed by atoms with Crippen LogP contribution in [0.15, 0.2) is 47.5 Å². The molecule has 2 aliphatic heterocycles. The highest BCUT2D eigenvalue weighted by Gasteiger charge is 2.54. The Hall–Kier alpha value is -1.35. The fourth-order valence-electron chi connectivity index (χ4n) is 5.77. The predicted molar refractivity (Wildman–Crippen MR) is 114 cm³/mol. The Bertz CT molecular complexity index is 888. The van der Waals surface area contributed by atoms with Crippen molar-refractivity contribution in [3.63, 3.8) is 0 Å². The van der Waals surface area contributed by atoms with Crippen LogP contribution in [0, 0.1) is 5.92 Å². The molecular formula is C23H24Cl2N2. The van der Waals surface area contributed by atoms with Crippen molar-refractivity contribution in [3.05, 3.63) is 63.6 Å². The zero-order valence-electron chi connectivity index (χ0n) is 15.3. The molecule has 0 aromatic heterocycles. The lowest BCUT2D eigenvalue weighted by atomic mass is 9.58. The molecule has 3 atom stereocenters. The molecule has 0 amide bonds. The Balaban J connectivity index is 1.68. The van der Waals surface area contributed by atoms with Gasteiger partial charge in [-0.25, -0.2) is 0 Å². The SMILES string of the molecule is Clc1cccc([C@@H]2CCN[C@H](C3CCCC3)[C@@]23C=Nc2cc(Cl)ccc23)c1. The standard InChI is InChI=1S/C23H24Cl2N2/c24-17-7-3-6-16(12-17)19-10-11-26-22(15-4-1-2-5-15)23(19)14-27-21-13-18(25)8-9-20(21)23/h3,6-9,12-15,19,22,26H,1-2,4-5,10-11H2/t19-,22+,23-/m0/s1. The maximum absolute atomic E-state index is 6.38. The molecule has 1 N–H and O–H groups in total. The topological polar surface area (TPSA) is 24.4 Å². The molecule has 1 aliphatic carbocycles. The molecule has 2 aromatic carbocycles. The van der Waals surface area contributed by atoms with Gasteiger partial charge in [0, 0.05) is 28.2 Å². The average molecular weight is 399 g/mol. The van der Waals surface area contributed by atoms with E-state index in [9.17, 15) is 0 Å². The Morgan fingerprint density at radius 2 is 1.78 bits per heavy atom. The summed E-state index contributed by atoms with van der Waals surface area (Å²) < 4.78 is 0. The summed E-state index contributed by atoms with van der Waals surface area (Å²) in [6.45, 7) is 1.04. The van der Waals surface area contributed by atoms with Gasteiger partial charge in [-0.15, -0.1) is 0 Å². The number of nitrogens with one attached hydrogen (secondary N) is 1. The van der Waals surface area contributed by atoms with Gasteiger partial charge < -0.3 is 5.32 Å². The number of benzene rings is 2. The van der Waals surface area contributed by atoms with Gasteiger partial charge >= 0.3 is 0 Å². The number of fused-ring (bicyclic) bond motifs is 2. The van der Waals surface area contributed by atoms with Gasteiger partial charge in [0.05, 0.1) is 11.1 Å². The molecule has 1 spiro atoms. The summed E-state index contributed by atoms with van der Waals surface area (Å²) in [7, 11) is 0. The number of piperidine rings is 1. The molecule has 27 heavy (non-hydrogen) atoms. The van der Waals surface area contributed by atoms with Gasteiger partial charge in [0.25, 0.3) is 0 Å². The maximum atomic E-state index is 6.38. The lowest BCUT2D eigenvalue weighted by molar-refractivity contribution is 0.201. The minimum absolute atomic E-state index is 0.127. The van der Waals surface area contributed by atoms with Crippen LogP contribution < -0.4 is 5.32 Å². The van der Waals surface area contributed by atoms with E-state index in [2.05, 4.69) is 35.8 Å². The highest BCUT2D eigenvalue weighted by Crippen LogP contribution is 2.54. The maximum Gasteiger partial charge on any atom is 0.0683 e. The summed E-state index contributed by atoms with van der Waals surface area (Å²) in [4.78, 5) is 4.87. The molecule has 140 valence electrons. The predicted octanol–water partition coefficient (Wildman–Crippen LogP) is 6.28. The van der Waals surface area contributed by atoms with Crippen LogP contribution in [0.3, 0.4) is 0 Å². The first kappa shape index (κ1) is 17.7. The van der Waals surface area contributed by atoms with Gasteiger partial charge in [0.1, 0.15) is 0 Å². The smallest absolute Gasteiger partial charge is 0.0683 e. The molecule has 4 heteroatoms. The van der Waals surface area contributed by atoms with Crippen LogP contribution in [-0.4, -0.2) is 18.8 Å². The highest BCUT2D eigenvalue weighted by atomic mass is 35.5. The van der Waals surface area contributed by atoms with Crippen LogP contribution in [0.2, 0.25) is 10.0 Å². The van der Waals surface area contributed by atoms with Crippen LogP contribution in [0.1, 0.15) is 49.1 Å². The third-order valence-corrected chi connectivity index (χ3v) is 7.32. The number of rotatable bonds is 2. The van der Waals surface area contributed by atoms with Gasteiger partial charge in [-0.1, -0.05) is 54.2 Å². The van der Waals surface area contributed by atoms with Gasteiger partial charge in [0.15, 0.2) is 0 Å². The van der Waals surface area contributed by atoms with Crippen molar-refractivity contribution in [1.82, 2.24) is 5.32 Å². The van der Waals surface area contributed by atoms with E-state index in [-0.39, 0.29) is 5.41 Å². The number of aliphatic imine (C=N–C) groups is 1. The van der Waals surface area contributed by atoms with E-state index in [4.69, 9.17) is 28.2 Å². The fourth-order valence-corrected chi connectivity index (χ4v) is 6.14. The molecule has 0 radical (unpaired) electrons. The monoisotopic (exact) mass is 398 g/mol. The van der Waals surface area contributed by atoms with E-state index in [1.54, 1.807) is 0 Å². The van der Waals surface area contributed by atoms with Crippen LogP contribution in [0.4, 0.5) is 5.69 Å². The summed E-state index contributed by atoms with van der Waals surface area (Å²) >= 11 is 12.7. The van der Waals surface area contributed by atoms with Gasteiger partial charge in [-0.05, 0) is 67.1 Å². The third-order valence-electron chi connectivity index (χ3n) is 6.85. The van der Waals surface area contributed by atoms with E-state index in [1.165, 1.54) is 36.8 Å². The van der Waals surface area contributed by atoms with Crippen molar-refractivity contribution in [2.75, 3.05) is 6.54 Å². The molecule has 1 saturated carbocycles. The summed E-state index contributed by atoms with van der Waals surface area (Å²) in [5.41, 5.74) is 3.54. The Kier molecular flexibility index (Phi) is 4.54. The summed E-state index contributed by atoms with van der Waals surface area (Å²) in [5, 5.41) is 5.47. The first-order valence-corrected chi connectivity index (χ1v) is 10.8. The second kappa shape index (κ2) is 6.92. The van der Waals surface area contributed by atoms with Crippen LogP contribution in [0.5, 0.6) is 0 Å². The Morgan fingerprint density at radius 1 is 0.963 bits per heavy atom. The van der Waals surface area contributed by atoms with Gasteiger partial charge in [-0.3, -0.25) is 4.99 Å². The normalized spacial score (nSPS) is 30.1. The van der Waals surface area contributed by atoms with Crippen molar-refractivity contribution in [2.24, 2.45) is 10.9 Å². The number of hydrogen-bond donors (Lipinski definition) is 1. The van der Waals surface area contributed by atoms with Gasteiger partial charge in [0.2, 0.25) is 0 Å². The zero-order valence-corrected chi connectivity index (χ0v) is 16.8. The third kappa shape index (κ3) is 2.85. The molecule has 2 aromatic rings. The number of hydrogen-bond acceptors (Lipinski definition) is 2. The molecule has 3 aliphatic rings. The zero-order chi connectivity index (χ0) is 18.4. The second-order valence-electron chi connectivity index (χ2n) is 8.23. The quantitative estimate of drug-likeness (QED) is 0.631. The first-order valence-electron chi connectivity index (χ1n) is 10.0. The largest absolute Gasteiger partial charge is 0.312 e.